The van der Waals surface area contributed by atoms with Crippen molar-refractivity contribution in [3.05, 3.63) is 34.1 Å². The van der Waals surface area contributed by atoms with Gasteiger partial charge in [-0.05, 0) is 43.6 Å². The lowest BCUT2D eigenvalue weighted by atomic mass is 9.90. The number of rotatable bonds is 3. The summed E-state index contributed by atoms with van der Waals surface area (Å²) in [4.78, 5) is 12.1. The fraction of sp³-hybridized carbons (Fsp3) is 0.462. The molecule has 2 nitrogen and oxygen atoms in total. The Morgan fingerprint density at radius 3 is 2.76 bits per heavy atom. The highest BCUT2D eigenvalue weighted by Gasteiger charge is 2.21. The Labute approximate surface area is 109 Å². The minimum atomic E-state index is -0.282. The number of benzene rings is 1. The van der Waals surface area contributed by atoms with Crippen molar-refractivity contribution >= 4 is 21.7 Å². The first-order valence-corrected chi connectivity index (χ1v) is 6.63. The number of carbonyl (C=O) groups excluding carboxylic acids is 1. The summed E-state index contributed by atoms with van der Waals surface area (Å²) in [6.45, 7) is 1.84. The number of ketones is 1. The van der Waals surface area contributed by atoms with E-state index in [4.69, 9.17) is 0 Å². The minimum absolute atomic E-state index is 0.160. The highest BCUT2D eigenvalue weighted by molar-refractivity contribution is 9.10. The third-order valence-corrected chi connectivity index (χ3v) is 3.91. The molecule has 0 bridgehead atoms. The molecule has 2 rings (SSSR count). The van der Waals surface area contributed by atoms with Crippen LogP contribution in [0.15, 0.2) is 22.7 Å². The van der Waals surface area contributed by atoms with Crippen molar-refractivity contribution in [3.63, 3.8) is 0 Å². The van der Waals surface area contributed by atoms with Gasteiger partial charge in [-0.2, -0.15) is 0 Å². The topological polar surface area (TPSA) is 29.1 Å². The molecule has 4 heteroatoms. The fourth-order valence-corrected chi connectivity index (χ4v) is 2.63. The van der Waals surface area contributed by atoms with Crippen molar-refractivity contribution in [2.24, 2.45) is 5.92 Å². The highest BCUT2D eigenvalue weighted by Crippen LogP contribution is 2.22. The molecule has 1 heterocycles. The molecular formula is C13H15BrFNO. The second-order valence-corrected chi connectivity index (χ2v) is 5.26. The Balaban J connectivity index is 2.02. The van der Waals surface area contributed by atoms with Gasteiger partial charge in [0.25, 0.3) is 0 Å². The standard InChI is InChI=1S/C13H15BrFNO/c14-12-8-11(15)2-1-10(12)7-13(17)9-3-5-16-6-4-9/h1-2,8-9,16H,3-7H2. The van der Waals surface area contributed by atoms with E-state index in [-0.39, 0.29) is 17.5 Å². The number of nitrogens with one attached hydrogen (secondary N) is 1. The van der Waals surface area contributed by atoms with Crippen LogP contribution >= 0.6 is 15.9 Å². The maximum atomic E-state index is 12.9. The van der Waals surface area contributed by atoms with Gasteiger partial charge in [-0.25, -0.2) is 4.39 Å². The average molecular weight is 300 g/mol. The molecule has 17 heavy (non-hydrogen) atoms. The summed E-state index contributed by atoms with van der Waals surface area (Å²) in [5, 5.41) is 3.24. The Morgan fingerprint density at radius 2 is 2.12 bits per heavy atom. The predicted molar refractivity (Wildman–Crippen MR) is 68.4 cm³/mol. The lowest BCUT2D eigenvalue weighted by Gasteiger charge is -2.21. The Bertz CT molecular complexity index is 416. The molecule has 1 aromatic carbocycles. The van der Waals surface area contributed by atoms with E-state index in [1.54, 1.807) is 6.07 Å². The molecule has 92 valence electrons. The molecule has 0 amide bonds. The molecule has 0 unspecified atom stereocenters. The van der Waals surface area contributed by atoms with Gasteiger partial charge in [0, 0.05) is 16.8 Å². The molecule has 0 aliphatic carbocycles. The van der Waals surface area contributed by atoms with Gasteiger partial charge < -0.3 is 5.32 Å². The normalized spacial score (nSPS) is 17.1. The SMILES string of the molecule is O=C(Cc1ccc(F)cc1Br)C1CCNCC1. The van der Waals surface area contributed by atoms with Crippen molar-refractivity contribution in [2.45, 2.75) is 19.3 Å². The predicted octanol–water partition coefficient (Wildman–Crippen LogP) is 2.70. The summed E-state index contributed by atoms with van der Waals surface area (Å²) >= 11 is 3.30. The van der Waals surface area contributed by atoms with Gasteiger partial charge in [0.2, 0.25) is 0 Å². The number of hydrogen-bond donors (Lipinski definition) is 1. The smallest absolute Gasteiger partial charge is 0.140 e. The van der Waals surface area contributed by atoms with Crippen LogP contribution in [0.1, 0.15) is 18.4 Å². The van der Waals surface area contributed by atoms with Crippen molar-refractivity contribution in [1.29, 1.82) is 0 Å². The molecule has 1 aromatic rings. The van der Waals surface area contributed by atoms with E-state index in [9.17, 15) is 9.18 Å². The number of Topliss-reactive ketones (excluding diaryl/α,β-unsaturated/α-hetero) is 1. The summed E-state index contributed by atoms with van der Waals surface area (Å²) in [5.41, 5.74) is 0.870. The Morgan fingerprint density at radius 1 is 1.41 bits per heavy atom. The lowest BCUT2D eigenvalue weighted by Crippen LogP contribution is -2.32. The van der Waals surface area contributed by atoms with Crippen LogP contribution in [0.25, 0.3) is 0 Å². The number of piperidine rings is 1. The van der Waals surface area contributed by atoms with E-state index >= 15 is 0 Å². The van der Waals surface area contributed by atoms with Crippen LogP contribution in [0.2, 0.25) is 0 Å². The molecular weight excluding hydrogens is 285 g/mol. The van der Waals surface area contributed by atoms with Crippen molar-refractivity contribution in [1.82, 2.24) is 5.32 Å². The lowest BCUT2D eigenvalue weighted by molar-refractivity contribution is -0.122. The van der Waals surface area contributed by atoms with E-state index in [0.29, 0.717) is 10.9 Å². The van der Waals surface area contributed by atoms with E-state index in [1.807, 2.05) is 0 Å². The van der Waals surface area contributed by atoms with Crippen LogP contribution in [0, 0.1) is 11.7 Å². The van der Waals surface area contributed by atoms with E-state index in [1.165, 1.54) is 12.1 Å². The average Bonchev–Trinajstić information content (AvgIpc) is 2.34. The fourth-order valence-electron chi connectivity index (χ4n) is 2.14. The first-order chi connectivity index (χ1) is 8.16. The first-order valence-electron chi connectivity index (χ1n) is 5.84. The van der Waals surface area contributed by atoms with Crippen LogP contribution < -0.4 is 5.32 Å². The third-order valence-electron chi connectivity index (χ3n) is 3.17. The quantitative estimate of drug-likeness (QED) is 0.930. The van der Waals surface area contributed by atoms with E-state index in [2.05, 4.69) is 21.2 Å². The molecule has 1 aliphatic rings. The molecule has 1 fully saturated rings. The number of hydrogen-bond acceptors (Lipinski definition) is 2. The second kappa shape index (κ2) is 5.74. The molecule has 0 radical (unpaired) electrons. The zero-order chi connectivity index (χ0) is 12.3. The summed E-state index contributed by atoms with van der Waals surface area (Å²) in [6, 6.07) is 4.49. The first kappa shape index (κ1) is 12.7. The Hall–Kier alpha value is -0.740. The van der Waals surface area contributed by atoms with Gasteiger partial charge >= 0.3 is 0 Å². The molecule has 0 spiro atoms. The van der Waals surface area contributed by atoms with Gasteiger partial charge in [-0.3, -0.25) is 4.79 Å². The maximum Gasteiger partial charge on any atom is 0.140 e. The molecule has 0 atom stereocenters. The monoisotopic (exact) mass is 299 g/mol. The molecule has 1 saturated heterocycles. The molecule has 0 saturated carbocycles. The third kappa shape index (κ3) is 3.36. The zero-order valence-electron chi connectivity index (χ0n) is 9.51. The van der Waals surface area contributed by atoms with Crippen LogP contribution in [0.3, 0.4) is 0 Å². The van der Waals surface area contributed by atoms with E-state index < -0.39 is 0 Å². The molecule has 1 aliphatic heterocycles. The molecule has 0 aromatic heterocycles. The summed E-state index contributed by atoms with van der Waals surface area (Å²) in [5.74, 6) is 0.141. The highest BCUT2D eigenvalue weighted by atomic mass is 79.9. The van der Waals surface area contributed by atoms with Crippen LogP contribution in [-0.4, -0.2) is 18.9 Å². The summed E-state index contributed by atoms with van der Waals surface area (Å²) in [6.07, 6.45) is 2.22. The Kier molecular flexibility index (Phi) is 4.29. The van der Waals surface area contributed by atoms with E-state index in [0.717, 1.165) is 31.5 Å². The molecule has 1 N–H and O–H groups in total. The second-order valence-electron chi connectivity index (χ2n) is 4.40. The van der Waals surface area contributed by atoms with Crippen molar-refractivity contribution in [3.8, 4) is 0 Å². The number of carbonyl (C=O) groups is 1. The van der Waals surface area contributed by atoms with Gasteiger partial charge in [-0.1, -0.05) is 22.0 Å². The number of halogens is 2. The van der Waals surface area contributed by atoms with Crippen LogP contribution in [-0.2, 0) is 11.2 Å². The van der Waals surface area contributed by atoms with Gasteiger partial charge in [-0.15, -0.1) is 0 Å². The summed E-state index contributed by atoms with van der Waals surface area (Å²) < 4.78 is 13.6. The van der Waals surface area contributed by atoms with Gasteiger partial charge in [0.05, 0.1) is 0 Å². The maximum absolute atomic E-state index is 12.9. The van der Waals surface area contributed by atoms with Gasteiger partial charge in [0.15, 0.2) is 0 Å². The van der Waals surface area contributed by atoms with Crippen LogP contribution in [0.5, 0.6) is 0 Å². The van der Waals surface area contributed by atoms with Gasteiger partial charge in [0.1, 0.15) is 11.6 Å². The van der Waals surface area contributed by atoms with Crippen LogP contribution in [0.4, 0.5) is 4.39 Å². The largest absolute Gasteiger partial charge is 0.317 e. The van der Waals surface area contributed by atoms with Crippen molar-refractivity contribution in [2.75, 3.05) is 13.1 Å². The summed E-state index contributed by atoms with van der Waals surface area (Å²) in [7, 11) is 0. The van der Waals surface area contributed by atoms with Crippen molar-refractivity contribution < 1.29 is 9.18 Å². The zero-order valence-corrected chi connectivity index (χ0v) is 11.1. The minimum Gasteiger partial charge on any atom is -0.317 e.